The second-order valence-electron chi connectivity index (χ2n) is 5.89. The van der Waals surface area contributed by atoms with Gasteiger partial charge >= 0.3 is 0 Å². The van der Waals surface area contributed by atoms with Crippen LogP contribution in [0.5, 0.6) is 11.5 Å². The average molecular weight is 399 g/mol. The van der Waals surface area contributed by atoms with Gasteiger partial charge in [-0.1, -0.05) is 36.4 Å². The van der Waals surface area contributed by atoms with E-state index in [-0.39, 0.29) is 33.3 Å². The summed E-state index contributed by atoms with van der Waals surface area (Å²) in [6.45, 7) is 0. The first-order chi connectivity index (χ1) is 12.9. The van der Waals surface area contributed by atoms with E-state index in [0.29, 0.717) is 16.9 Å². The van der Waals surface area contributed by atoms with Gasteiger partial charge in [0.05, 0.1) is 10.5 Å². The van der Waals surface area contributed by atoms with Crippen molar-refractivity contribution in [2.45, 2.75) is 4.90 Å². The Kier molecular flexibility index (Phi) is 4.09. The molecule has 134 valence electrons. The van der Waals surface area contributed by atoms with Crippen LogP contribution in [0, 0.1) is 0 Å². The Labute approximate surface area is 159 Å². The lowest BCUT2D eigenvalue weighted by molar-refractivity contribution is 0.0977. The van der Waals surface area contributed by atoms with Crippen molar-refractivity contribution >= 4 is 31.3 Å². The highest BCUT2D eigenvalue weighted by molar-refractivity contribution is 8.13. The molecule has 3 aromatic carbocycles. The van der Waals surface area contributed by atoms with E-state index in [9.17, 15) is 18.0 Å². The molecule has 0 unspecified atom stereocenters. The standard InChI is InChI=1S/C20H11ClO5S/c21-27(24,25)13-10-8-12(9-11-13)26-17-7-3-6-16-18(17)20(23)15-5-2-1-4-14(15)19(16)22/h1-11H. The molecular formula is C20H11ClO5S. The maximum atomic E-state index is 12.9. The molecule has 1 aliphatic rings. The molecule has 0 saturated carbocycles. The third-order valence-electron chi connectivity index (χ3n) is 4.25. The van der Waals surface area contributed by atoms with Gasteiger partial charge in [0, 0.05) is 27.4 Å². The van der Waals surface area contributed by atoms with Crippen molar-refractivity contribution < 1.29 is 22.7 Å². The van der Waals surface area contributed by atoms with Gasteiger partial charge in [-0.2, -0.15) is 0 Å². The molecule has 3 aromatic rings. The monoisotopic (exact) mass is 398 g/mol. The molecule has 0 bridgehead atoms. The number of ketones is 2. The zero-order valence-electron chi connectivity index (χ0n) is 13.7. The summed E-state index contributed by atoms with van der Waals surface area (Å²) in [6.07, 6.45) is 0. The molecule has 0 saturated heterocycles. The van der Waals surface area contributed by atoms with Crippen LogP contribution in [0.15, 0.2) is 71.6 Å². The van der Waals surface area contributed by atoms with Crippen molar-refractivity contribution in [2.24, 2.45) is 0 Å². The van der Waals surface area contributed by atoms with E-state index in [2.05, 4.69) is 0 Å². The van der Waals surface area contributed by atoms with Crippen molar-refractivity contribution in [1.82, 2.24) is 0 Å². The SMILES string of the molecule is O=C1c2ccccc2C(=O)c2c(Oc3ccc(S(=O)(=O)Cl)cc3)cccc21. The van der Waals surface area contributed by atoms with Crippen molar-refractivity contribution in [2.75, 3.05) is 0 Å². The van der Waals surface area contributed by atoms with Crippen LogP contribution in [0.1, 0.15) is 31.8 Å². The van der Waals surface area contributed by atoms with Crippen LogP contribution in [0.25, 0.3) is 0 Å². The fourth-order valence-electron chi connectivity index (χ4n) is 3.00. The molecule has 0 spiro atoms. The molecule has 1 aliphatic carbocycles. The van der Waals surface area contributed by atoms with Crippen LogP contribution in [0.3, 0.4) is 0 Å². The molecule has 0 aromatic heterocycles. The summed E-state index contributed by atoms with van der Waals surface area (Å²) in [5, 5.41) is 0. The molecule has 0 aliphatic heterocycles. The predicted molar refractivity (Wildman–Crippen MR) is 99.3 cm³/mol. The molecule has 0 heterocycles. The normalized spacial score (nSPS) is 13.1. The Morgan fingerprint density at radius 1 is 0.704 bits per heavy atom. The topological polar surface area (TPSA) is 77.5 Å². The Balaban J connectivity index is 1.76. The maximum absolute atomic E-state index is 12.9. The van der Waals surface area contributed by atoms with Gasteiger partial charge in [-0.25, -0.2) is 8.42 Å². The third-order valence-corrected chi connectivity index (χ3v) is 5.62. The number of carbonyl (C=O) groups excluding carboxylic acids is 2. The summed E-state index contributed by atoms with van der Waals surface area (Å²) in [4.78, 5) is 25.6. The molecule has 0 amide bonds. The highest BCUT2D eigenvalue weighted by Gasteiger charge is 2.32. The molecule has 4 rings (SSSR count). The van der Waals surface area contributed by atoms with Crippen molar-refractivity contribution in [3.05, 3.63) is 89.0 Å². The lowest BCUT2D eigenvalue weighted by Crippen LogP contribution is -2.21. The first-order valence-corrected chi connectivity index (χ1v) is 10.2. The zero-order valence-corrected chi connectivity index (χ0v) is 15.3. The van der Waals surface area contributed by atoms with Crippen molar-refractivity contribution in [3.8, 4) is 11.5 Å². The van der Waals surface area contributed by atoms with Gasteiger partial charge < -0.3 is 4.74 Å². The average Bonchev–Trinajstić information content (AvgIpc) is 2.66. The molecular weight excluding hydrogens is 388 g/mol. The Morgan fingerprint density at radius 3 is 1.93 bits per heavy atom. The summed E-state index contributed by atoms with van der Waals surface area (Å²) in [6, 6.07) is 16.9. The number of fused-ring (bicyclic) bond motifs is 2. The summed E-state index contributed by atoms with van der Waals surface area (Å²) in [5.41, 5.74) is 1.16. The lowest BCUT2D eigenvalue weighted by Gasteiger charge is -2.20. The Morgan fingerprint density at radius 2 is 1.30 bits per heavy atom. The summed E-state index contributed by atoms with van der Waals surface area (Å²) >= 11 is 0. The molecule has 0 atom stereocenters. The number of benzene rings is 3. The molecule has 0 N–H and O–H groups in total. The minimum atomic E-state index is -3.84. The van der Waals surface area contributed by atoms with E-state index in [1.54, 1.807) is 42.5 Å². The maximum Gasteiger partial charge on any atom is 0.261 e. The smallest absolute Gasteiger partial charge is 0.261 e. The van der Waals surface area contributed by atoms with E-state index < -0.39 is 9.05 Å². The van der Waals surface area contributed by atoms with Gasteiger partial charge in [0.2, 0.25) is 0 Å². The van der Waals surface area contributed by atoms with Crippen LogP contribution < -0.4 is 4.74 Å². The lowest BCUT2D eigenvalue weighted by atomic mass is 9.83. The van der Waals surface area contributed by atoms with E-state index in [1.165, 1.54) is 24.3 Å². The van der Waals surface area contributed by atoms with Gasteiger partial charge in [0.25, 0.3) is 9.05 Å². The van der Waals surface area contributed by atoms with Crippen LogP contribution >= 0.6 is 10.7 Å². The first-order valence-electron chi connectivity index (χ1n) is 7.90. The van der Waals surface area contributed by atoms with Crippen LogP contribution in [0.2, 0.25) is 0 Å². The van der Waals surface area contributed by atoms with Gasteiger partial charge in [0.15, 0.2) is 11.6 Å². The summed E-state index contributed by atoms with van der Waals surface area (Å²) < 4.78 is 28.4. The van der Waals surface area contributed by atoms with Gasteiger partial charge in [-0.15, -0.1) is 0 Å². The van der Waals surface area contributed by atoms with Crippen molar-refractivity contribution in [1.29, 1.82) is 0 Å². The van der Waals surface area contributed by atoms with Crippen LogP contribution in [-0.4, -0.2) is 20.0 Å². The number of ether oxygens (including phenoxy) is 1. The summed E-state index contributed by atoms with van der Waals surface area (Å²) in [7, 11) is 1.46. The quantitative estimate of drug-likeness (QED) is 0.484. The fourth-order valence-corrected chi connectivity index (χ4v) is 3.77. The van der Waals surface area contributed by atoms with Crippen LogP contribution in [-0.2, 0) is 9.05 Å². The third kappa shape index (κ3) is 3.03. The molecule has 7 heteroatoms. The number of rotatable bonds is 3. The molecule has 27 heavy (non-hydrogen) atoms. The first kappa shape index (κ1) is 17.5. The largest absolute Gasteiger partial charge is 0.457 e. The van der Waals surface area contributed by atoms with Crippen LogP contribution in [0.4, 0.5) is 0 Å². The van der Waals surface area contributed by atoms with Crippen molar-refractivity contribution in [3.63, 3.8) is 0 Å². The fraction of sp³-hybridized carbons (Fsp3) is 0. The Bertz CT molecular complexity index is 1200. The second kappa shape index (κ2) is 6.33. The number of hydrogen-bond donors (Lipinski definition) is 0. The van der Waals surface area contributed by atoms with Gasteiger partial charge in [-0.3, -0.25) is 9.59 Å². The summed E-state index contributed by atoms with van der Waals surface area (Å²) in [5.74, 6) is -0.00149. The number of halogens is 1. The van der Waals surface area contributed by atoms with E-state index in [0.717, 1.165) is 0 Å². The number of hydrogen-bond acceptors (Lipinski definition) is 5. The minimum absolute atomic E-state index is 0.0632. The highest BCUT2D eigenvalue weighted by Crippen LogP contribution is 2.35. The minimum Gasteiger partial charge on any atom is -0.457 e. The molecule has 5 nitrogen and oxygen atoms in total. The van der Waals surface area contributed by atoms with E-state index in [1.807, 2.05) is 0 Å². The highest BCUT2D eigenvalue weighted by atomic mass is 35.7. The molecule has 0 fully saturated rings. The van der Waals surface area contributed by atoms with E-state index >= 15 is 0 Å². The molecule has 0 radical (unpaired) electrons. The zero-order chi connectivity index (χ0) is 19.2. The van der Waals surface area contributed by atoms with Gasteiger partial charge in [-0.05, 0) is 30.3 Å². The Hall–Kier alpha value is -2.96. The number of carbonyl (C=O) groups is 2. The second-order valence-corrected chi connectivity index (χ2v) is 8.46. The predicted octanol–water partition coefficient (Wildman–Crippen LogP) is 4.18. The van der Waals surface area contributed by atoms with Gasteiger partial charge in [0.1, 0.15) is 11.5 Å². The van der Waals surface area contributed by atoms with E-state index in [4.69, 9.17) is 15.4 Å².